The van der Waals surface area contributed by atoms with Gasteiger partial charge in [-0.25, -0.2) is 4.39 Å². The van der Waals surface area contributed by atoms with Crippen molar-refractivity contribution < 1.29 is 8.91 Å². The van der Waals surface area contributed by atoms with Gasteiger partial charge in [0.15, 0.2) is 0 Å². The second-order valence-corrected chi connectivity index (χ2v) is 4.28. The number of nitrogens with zero attached hydrogens (tertiary/aromatic N) is 2. The molecule has 0 aliphatic carbocycles. The number of hydrogen-bond acceptors (Lipinski definition) is 3. The zero-order chi connectivity index (χ0) is 13.9. The van der Waals surface area contributed by atoms with Gasteiger partial charge in [0.25, 0.3) is 5.89 Å². The van der Waals surface area contributed by atoms with Gasteiger partial charge in [-0.2, -0.15) is 4.98 Å². The minimum Gasteiger partial charge on any atom is -0.334 e. The largest absolute Gasteiger partial charge is 0.334 e. The van der Waals surface area contributed by atoms with Crippen molar-refractivity contribution in [2.75, 3.05) is 0 Å². The van der Waals surface area contributed by atoms with E-state index in [4.69, 9.17) is 4.52 Å². The average Bonchev–Trinajstić information content (AvgIpc) is 2.97. The lowest BCUT2D eigenvalue weighted by Crippen LogP contribution is -1.88. The third-order valence-electron chi connectivity index (χ3n) is 2.89. The van der Waals surface area contributed by atoms with Crippen molar-refractivity contribution in [1.82, 2.24) is 10.1 Å². The van der Waals surface area contributed by atoms with Gasteiger partial charge in [-0.1, -0.05) is 54.2 Å². The molecule has 0 saturated carbocycles. The molecule has 0 amide bonds. The Bertz CT molecular complexity index is 750. The lowest BCUT2D eigenvalue weighted by molar-refractivity contribution is 0.409. The third kappa shape index (κ3) is 2.36. The molecule has 0 radical (unpaired) electrons. The summed E-state index contributed by atoms with van der Waals surface area (Å²) in [5.74, 6) is 0.444. The second kappa shape index (κ2) is 5.09. The minimum absolute atomic E-state index is 0.287. The standard InChI is InChI=1S/C16H11FN2O/c1-11(13-8-5-9-14(17)10-13)16-18-15(19-20-16)12-6-3-2-4-7-12/h2-10H,1H2. The van der Waals surface area contributed by atoms with Crippen LogP contribution in [0.15, 0.2) is 65.7 Å². The summed E-state index contributed by atoms with van der Waals surface area (Å²) < 4.78 is 18.4. The van der Waals surface area contributed by atoms with Crippen LogP contribution >= 0.6 is 0 Å². The fraction of sp³-hybridized carbons (Fsp3) is 0. The van der Waals surface area contributed by atoms with Crippen LogP contribution < -0.4 is 0 Å². The summed E-state index contributed by atoms with van der Waals surface area (Å²) in [5, 5.41) is 3.91. The van der Waals surface area contributed by atoms with E-state index in [0.717, 1.165) is 5.56 Å². The summed E-state index contributed by atoms with van der Waals surface area (Å²) in [5.41, 5.74) is 1.97. The Hall–Kier alpha value is -2.75. The lowest BCUT2D eigenvalue weighted by atomic mass is 10.1. The molecule has 0 saturated heterocycles. The van der Waals surface area contributed by atoms with Crippen molar-refractivity contribution in [2.45, 2.75) is 0 Å². The Kier molecular flexibility index (Phi) is 3.13. The molecule has 3 nitrogen and oxygen atoms in total. The van der Waals surface area contributed by atoms with E-state index in [-0.39, 0.29) is 11.7 Å². The first-order valence-electron chi connectivity index (χ1n) is 6.08. The number of aromatic nitrogens is 2. The summed E-state index contributed by atoms with van der Waals surface area (Å²) in [4.78, 5) is 4.29. The zero-order valence-electron chi connectivity index (χ0n) is 10.6. The van der Waals surface area contributed by atoms with Crippen LogP contribution in [-0.4, -0.2) is 10.1 Å². The first-order chi connectivity index (χ1) is 9.74. The van der Waals surface area contributed by atoms with Gasteiger partial charge in [-0.3, -0.25) is 0 Å². The van der Waals surface area contributed by atoms with E-state index in [9.17, 15) is 4.39 Å². The fourth-order valence-corrected chi connectivity index (χ4v) is 1.85. The number of hydrogen-bond donors (Lipinski definition) is 0. The molecule has 0 aliphatic heterocycles. The Morgan fingerprint density at radius 1 is 1.05 bits per heavy atom. The molecule has 3 rings (SSSR count). The van der Waals surface area contributed by atoms with Crippen LogP contribution in [0.1, 0.15) is 11.5 Å². The maximum absolute atomic E-state index is 13.2. The highest BCUT2D eigenvalue weighted by Gasteiger charge is 2.13. The first kappa shape index (κ1) is 12.3. The van der Waals surface area contributed by atoms with Gasteiger partial charge in [0.05, 0.1) is 0 Å². The highest BCUT2D eigenvalue weighted by Crippen LogP contribution is 2.23. The predicted molar refractivity (Wildman–Crippen MR) is 74.3 cm³/mol. The first-order valence-corrected chi connectivity index (χ1v) is 6.08. The van der Waals surface area contributed by atoms with Crippen LogP contribution in [0.25, 0.3) is 17.0 Å². The fourth-order valence-electron chi connectivity index (χ4n) is 1.85. The number of halogens is 1. The molecular weight excluding hydrogens is 255 g/mol. The normalized spacial score (nSPS) is 10.4. The van der Waals surface area contributed by atoms with Gasteiger partial charge in [0.2, 0.25) is 5.82 Å². The monoisotopic (exact) mass is 266 g/mol. The molecule has 98 valence electrons. The minimum atomic E-state index is -0.327. The van der Waals surface area contributed by atoms with Gasteiger partial charge < -0.3 is 4.52 Å². The summed E-state index contributed by atoms with van der Waals surface area (Å²) in [6.45, 7) is 3.88. The van der Waals surface area contributed by atoms with Gasteiger partial charge in [0, 0.05) is 11.1 Å². The third-order valence-corrected chi connectivity index (χ3v) is 2.89. The van der Waals surface area contributed by atoms with Crippen molar-refractivity contribution in [3.05, 3.63) is 78.4 Å². The summed E-state index contributed by atoms with van der Waals surface area (Å²) in [6.07, 6.45) is 0. The summed E-state index contributed by atoms with van der Waals surface area (Å²) >= 11 is 0. The van der Waals surface area contributed by atoms with Crippen LogP contribution in [0.2, 0.25) is 0 Å². The molecule has 20 heavy (non-hydrogen) atoms. The number of benzene rings is 2. The van der Waals surface area contributed by atoms with E-state index < -0.39 is 0 Å². The Labute approximate surface area is 115 Å². The van der Waals surface area contributed by atoms with E-state index in [0.29, 0.717) is 17.0 Å². The molecule has 0 N–H and O–H groups in total. The van der Waals surface area contributed by atoms with Crippen molar-refractivity contribution in [2.24, 2.45) is 0 Å². The van der Waals surface area contributed by atoms with Gasteiger partial charge in [-0.05, 0) is 17.7 Å². The smallest absolute Gasteiger partial charge is 0.258 e. The molecule has 4 heteroatoms. The predicted octanol–water partition coefficient (Wildman–Crippen LogP) is 3.94. The topological polar surface area (TPSA) is 38.9 Å². The Morgan fingerprint density at radius 3 is 2.60 bits per heavy atom. The molecule has 2 aromatic carbocycles. The molecule has 1 heterocycles. The van der Waals surface area contributed by atoms with Crippen LogP contribution in [0, 0.1) is 5.82 Å². The highest BCUT2D eigenvalue weighted by atomic mass is 19.1. The molecule has 0 unspecified atom stereocenters. The lowest BCUT2D eigenvalue weighted by Gasteiger charge is -1.99. The van der Waals surface area contributed by atoms with Crippen LogP contribution in [0.3, 0.4) is 0 Å². The molecule has 3 aromatic rings. The Morgan fingerprint density at radius 2 is 1.85 bits per heavy atom. The molecule has 0 fully saturated rings. The van der Waals surface area contributed by atoms with E-state index in [1.54, 1.807) is 12.1 Å². The van der Waals surface area contributed by atoms with Crippen molar-refractivity contribution in [1.29, 1.82) is 0 Å². The Balaban J connectivity index is 1.93. The molecule has 1 aromatic heterocycles. The van der Waals surface area contributed by atoms with E-state index in [2.05, 4.69) is 16.7 Å². The van der Waals surface area contributed by atoms with E-state index >= 15 is 0 Å². The van der Waals surface area contributed by atoms with Crippen molar-refractivity contribution in [3.63, 3.8) is 0 Å². The van der Waals surface area contributed by atoms with Crippen molar-refractivity contribution >= 4 is 5.57 Å². The maximum atomic E-state index is 13.2. The molecule has 0 aliphatic rings. The van der Waals surface area contributed by atoms with E-state index in [1.165, 1.54) is 12.1 Å². The summed E-state index contributed by atoms with van der Waals surface area (Å²) in [7, 11) is 0. The van der Waals surface area contributed by atoms with Crippen LogP contribution in [0.5, 0.6) is 0 Å². The molecule has 0 bridgehead atoms. The van der Waals surface area contributed by atoms with Crippen LogP contribution in [0.4, 0.5) is 4.39 Å². The maximum Gasteiger partial charge on any atom is 0.258 e. The summed E-state index contributed by atoms with van der Waals surface area (Å²) in [6, 6.07) is 15.6. The zero-order valence-corrected chi connectivity index (χ0v) is 10.6. The average molecular weight is 266 g/mol. The highest BCUT2D eigenvalue weighted by molar-refractivity contribution is 5.74. The molecule has 0 atom stereocenters. The van der Waals surface area contributed by atoms with Gasteiger partial charge in [0.1, 0.15) is 5.82 Å². The number of rotatable bonds is 3. The van der Waals surface area contributed by atoms with Gasteiger partial charge >= 0.3 is 0 Å². The quantitative estimate of drug-likeness (QED) is 0.720. The van der Waals surface area contributed by atoms with E-state index in [1.807, 2.05) is 30.3 Å². The molecule has 0 spiro atoms. The van der Waals surface area contributed by atoms with Crippen LogP contribution in [-0.2, 0) is 0 Å². The second-order valence-electron chi connectivity index (χ2n) is 4.28. The van der Waals surface area contributed by atoms with Gasteiger partial charge in [-0.15, -0.1) is 0 Å². The van der Waals surface area contributed by atoms with Crippen molar-refractivity contribution in [3.8, 4) is 11.4 Å². The molecular formula is C16H11FN2O. The SMILES string of the molecule is C=C(c1cccc(F)c1)c1nc(-c2ccccc2)no1.